The van der Waals surface area contributed by atoms with Crippen LogP contribution in [0, 0.1) is 12.7 Å². The van der Waals surface area contributed by atoms with Crippen LogP contribution in [0.25, 0.3) is 33.4 Å². The molecule has 208 valence electrons. The van der Waals surface area contributed by atoms with Crippen molar-refractivity contribution in [2.75, 3.05) is 7.11 Å². The van der Waals surface area contributed by atoms with Crippen LogP contribution in [0.3, 0.4) is 0 Å². The fraction of sp³-hybridized carbons (Fsp3) is 0.250. The van der Waals surface area contributed by atoms with Gasteiger partial charge in [-0.15, -0.1) is 0 Å². The van der Waals surface area contributed by atoms with E-state index in [9.17, 15) is 14.0 Å². The molecule has 9 heteroatoms. The van der Waals surface area contributed by atoms with Crippen LogP contribution in [0.5, 0.6) is 5.75 Å². The number of halogens is 2. The molecule has 0 amide bonds. The molecule has 0 unspecified atom stereocenters. The summed E-state index contributed by atoms with van der Waals surface area (Å²) in [5.74, 6) is 1.15. The number of aromatic nitrogens is 2. The van der Waals surface area contributed by atoms with Gasteiger partial charge in [-0.2, -0.15) is 4.98 Å². The van der Waals surface area contributed by atoms with Gasteiger partial charge in [-0.25, -0.2) is 4.39 Å². The molecule has 2 heterocycles. The normalized spacial score (nSPS) is 13.9. The third kappa shape index (κ3) is 4.82. The zero-order chi connectivity index (χ0) is 28.9. The summed E-state index contributed by atoms with van der Waals surface area (Å²) in [6.07, 6.45) is 2.06. The number of benzene rings is 3. The number of Topliss-reactive ketones (excluding diaryl/α,β-unsaturated/α-hetero) is 2. The molecule has 2 aromatic heterocycles. The van der Waals surface area contributed by atoms with E-state index in [0.29, 0.717) is 67.0 Å². The zero-order valence-electron chi connectivity index (χ0n) is 22.7. The van der Waals surface area contributed by atoms with Crippen LogP contribution in [0.2, 0.25) is 5.02 Å². The van der Waals surface area contributed by atoms with Crippen LogP contribution < -0.4 is 4.74 Å². The molecule has 6 rings (SSSR count). The highest BCUT2D eigenvalue weighted by molar-refractivity contribution is 6.34. The van der Waals surface area contributed by atoms with Crippen LogP contribution in [0.1, 0.15) is 65.0 Å². The van der Waals surface area contributed by atoms with Crippen LogP contribution in [-0.4, -0.2) is 28.8 Å². The lowest BCUT2D eigenvalue weighted by molar-refractivity contribution is 0.0962. The zero-order valence-corrected chi connectivity index (χ0v) is 23.5. The van der Waals surface area contributed by atoms with Crippen molar-refractivity contribution in [1.82, 2.24) is 10.1 Å². The summed E-state index contributed by atoms with van der Waals surface area (Å²) in [4.78, 5) is 31.1. The fourth-order valence-corrected chi connectivity index (χ4v) is 5.50. The van der Waals surface area contributed by atoms with Gasteiger partial charge in [0, 0.05) is 47.8 Å². The summed E-state index contributed by atoms with van der Waals surface area (Å²) in [7, 11) is 1.49. The van der Waals surface area contributed by atoms with E-state index in [2.05, 4.69) is 10.1 Å². The van der Waals surface area contributed by atoms with E-state index < -0.39 is 5.41 Å². The molecular formula is C32H26ClFN2O5. The highest BCUT2D eigenvalue weighted by Gasteiger charge is 2.50. The van der Waals surface area contributed by atoms with Crippen molar-refractivity contribution in [3.63, 3.8) is 0 Å². The number of nitrogens with zero attached hydrogens (tertiary/aromatic N) is 2. The molecule has 3 aromatic carbocycles. The van der Waals surface area contributed by atoms with E-state index in [-0.39, 0.29) is 30.2 Å². The van der Waals surface area contributed by atoms with Gasteiger partial charge in [-0.05, 0) is 60.9 Å². The quantitative estimate of drug-likeness (QED) is 0.164. The van der Waals surface area contributed by atoms with E-state index in [0.717, 1.165) is 12.8 Å². The highest BCUT2D eigenvalue weighted by atomic mass is 35.5. The Labute approximate surface area is 240 Å². The summed E-state index contributed by atoms with van der Waals surface area (Å²) in [6.45, 7) is 3.50. The van der Waals surface area contributed by atoms with Crippen LogP contribution in [0.15, 0.2) is 63.5 Å². The first kappa shape index (κ1) is 26.9. The van der Waals surface area contributed by atoms with Crippen molar-refractivity contribution in [2.24, 2.45) is 0 Å². The number of ketones is 2. The molecule has 41 heavy (non-hydrogen) atoms. The lowest BCUT2D eigenvalue weighted by Crippen LogP contribution is -2.16. The van der Waals surface area contributed by atoms with Crippen molar-refractivity contribution >= 4 is 34.1 Å². The van der Waals surface area contributed by atoms with Gasteiger partial charge in [0.2, 0.25) is 5.89 Å². The average molecular weight is 573 g/mol. The Hall–Kier alpha value is -4.30. The second-order valence-electron chi connectivity index (χ2n) is 10.4. The van der Waals surface area contributed by atoms with Crippen molar-refractivity contribution in [1.29, 1.82) is 0 Å². The SMILES string of the molecule is CCC(=O)c1c(-c2ccc(F)cc2)oc2ccc(-c3cc(C(=O)CC4(c5noc(C)n5)CC4)c(OC)cc3Cl)cc12. The maximum absolute atomic E-state index is 13.6. The van der Waals surface area contributed by atoms with Crippen molar-refractivity contribution in [2.45, 2.75) is 44.9 Å². The molecule has 1 saturated carbocycles. The van der Waals surface area contributed by atoms with Gasteiger partial charge in [-0.3, -0.25) is 9.59 Å². The summed E-state index contributed by atoms with van der Waals surface area (Å²) < 4.78 is 30.4. The molecule has 5 aromatic rings. The van der Waals surface area contributed by atoms with Crippen LogP contribution in [0.4, 0.5) is 4.39 Å². The summed E-state index contributed by atoms with van der Waals surface area (Å²) in [6, 6.07) is 14.6. The largest absolute Gasteiger partial charge is 0.496 e. The monoisotopic (exact) mass is 572 g/mol. The molecule has 0 radical (unpaired) electrons. The molecule has 1 fully saturated rings. The third-order valence-corrected chi connectivity index (χ3v) is 7.96. The first-order valence-corrected chi connectivity index (χ1v) is 13.7. The van der Waals surface area contributed by atoms with Crippen molar-refractivity contribution < 1.29 is 27.7 Å². The number of carbonyl (C=O) groups excluding carboxylic acids is 2. The van der Waals surface area contributed by atoms with Gasteiger partial charge in [0.15, 0.2) is 17.4 Å². The Morgan fingerprint density at radius 1 is 1.05 bits per heavy atom. The van der Waals surface area contributed by atoms with E-state index in [1.165, 1.54) is 19.2 Å². The van der Waals surface area contributed by atoms with Crippen molar-refractivity contribution in [3.8, 4) is 28.2 Å². The number of hydrogen-bond acceptors (Lipinski definition) is 7. The predicted molar refractivity (Wildman–Crippen MR) is 152 cm³/mol. The molecule has 0 spiro atoms. The smallest absolute Gasteiger partial charge is 0.223 e. The van der Waals surface area contributed by atoms with Gasteiger partial charge in [-0.1, -0.05) is 29.7 Å². The maximum atomic E-state index is 13.6. The Morgan fingerprint density at radius 2 is 1.78 bits per heavy atom. The third-order valence-electron chi connectivity index (χ3n) is 7.65. The molecule has 0 atom stereocenters. The van der Waals surface area contributed by atoms with Crippen LogP contribution in [-0.2, 0) is 5.41 Å². The van der Waals surface area contributed by atoms with Gasteiger partial charge in [0.1, 0.15) is 22.9 Å². The Balaban J connectivity index is 1.43. The number of carbonyl (C=O) groups is 2. The highest BCUT2D eigenvalue weighted by Crippen LogP contribution is 2.51. The molecule has 0 bridgehead atoms. The number of furan rings is 1. The van der Waals surface area contributed by atoms with Gasteiger partial charge >= 0.3 is 0 Å². The number of methoxy groups -OCH3 is 1. The first-order valence-electron chi connectivity index (χ1n) is 13.3. The lowest BCUT2D eigenvalue weighted by atomic mass is 9.92. The molecule has 1 aliphatic carbocycles. The van der Waals surface area contributed by atoms with E-state index >= 15 is 0 Å². The standard InChI is InChI=1S/C32H26ClFN2O5/c1-4-25(37)29-23-13-19(7-10-27(23)40-30(29)18-5-8-20(34)9-6-18)21-14-22(28(39-3)15-24(21)33)26(38)16-32(11-12-32)31-35-17(2)41-36-31/h5-10,13-15H,4,11-12,16H2,1-3H3. The fourth-order valence-electron chi connectivity index (χ4n) is 5.23. The van der Waals surface area contributed by atoms with E-state index in [1.807, 2.05) is 12.1 Å². The van der Waals surface area contributed by atoms with E-state index in [1.54, 1.807) is 44.2 Å². The van der Waals surface area contributed by atoms with Gasteiger partial charge in [0.25, 0.3) is 0 Å². The molecule has 0 saturated heterocycles. The minimum absolute atomic E-state index is 0.108. The summed E-state index contributed by atoms with van der Waals surface area (Å²) in [5, 5.41) is 5.06. The second-order valence-corrected chi connectivity index (χ2v) is 10.8. The molecular weight excluding hydrogens is 547 g/mol. The Morgan fingerprint density at radius 3 is 2.41 bits per heavy atom. The number of fused-ring (bicyclic) bond motifs is 1. The molecule has 7 nitrogen and oxygen atoms in total. The first-order chi connectivity index (χ1) is 19.7. The number of hydrogen-bond donors (Lipinski definition) is 0. The maximum Gasteiger partial charge on any atom is 0.223 e. The molecule has 0 N–H and O–H groups in total. The topological polar surface area (TPSA) is 95.4 Å². The predicted octanol–water partition coefficient (Wildman–Crippen LogP) is 8.16. The molecule has 1 aliphatic rings. The van der Waals surface area contributed by atoms with Crippen LogP contribution >= 0.6 is 11.6 Å². The number of rotatable bonds is 9. The second kappa shape index (κ2) is 10.3. The minimum atomic E-state index is -0.443. The Bertz CT molecular complexity index is 1820. The van der Waals surface area contributed by atoms with Gasteiger partial charge < -0.3 is 13.7 Å². The van der Waals surface area contributed by atoms with E-state index in [4.69, 9.17) is 25.3 Å². The summed E-state index contributed by atoms with van der Waals surface area (Å²) >= 11 is 6.71. The average Bonchev–Trinajstić information content (AvgIpc) is 3.44. The lowest BCUT2D eigenvalue weighted by Gasteiger charge is -2.15. The van der Waals surface area contributed by atoms with Crippen molar-refractivity contribution in [3.05, 3.63) is 88.3 Å². The minimum Gasteiger partial charge on any atom is -0.496 e. The number of ether oxygens (including phenoxy) is 1. The Kier molecular flexibility index (Phi) is 6.74. The summed E-state index contributed by atoms with van der Waals surface area (Å²) in [5.41, 5.74) is 2.79. The molecule has 0 aliphatic heterocycles. The van der Waals surface area contributed by atoms with Gasteiger partial charge in [0.05, 0.1) is 23.3 Å². The number of aryl methyl sites for hydroxylation is 1.